The zero-order chi connectivity index (χ0) is 11.7. The average Bonchev–Trinajstić information content (AvgIpc) is 2.83. The number of benzene rings is 2. The monoisotopic (exact) mass is 239 g/mol. The van der Waals surface area contributed by atoms with Crippen molar-refractivity contribution < 1.29 is 0 Å². The molecule has 3 rings (SSSR count). The molecule has 2 heteroatoms. The molecule has 0 N–H and O–H groups in total. The lowest BCUT2D eigenvalue weighted by molar-refractivity contribution is 1.32. The third-order valence-electron chi connectivity index (χ3n) is 3.03. The van der Waals surface area contributed by atoms with Crippen LogP contribution in [0.3, 0.4) is 0 Å². The van der Waals surface area contributed by atoms with Crippen LogP contribution in [0.1, 0.15) is 0 Å². The van der Waals surface area contributed by atoms with E-state index in [-0.39, 0.29) is 8.07 Å². The van der Waals surface area contributed by atoms with Crippen LogP contribution in [-0.4, -0.2) is 11.0 Å². The second kappa shape index (κ2) is 4.35. The second-order valence-electron chi connectivity index (χ2n) is 4.08. The molecule has 2 aromatic carbocycles. The van der Waals surface area contributed by atoms with Gasteiger partial charge >= 0.3 is 0 Å². The Morgan fingerprint density at radius 2 is 1.53 bits per heavy atom. The topological polar surface area (TPSA) is 4.93 Å². The first kappa shape index (κ1) is 10.6. The molecule has 0 saturated carbocycles. The fourth-order valence-corrected chi connectivity index (χ4v) is 3.72. The van der Waals surface area contributed by atoms with Gasteiger partial charge in [-0.1, -0.05) is 48.5 Å². The molecule has 0 aliphatic heterocycles. The van der Waals surface area contributed by atoms with E-state index in [1.165, 1.54) is 16.2 Å². The van der Waals surface area contributed by atoms with Gasteiger partial charge in [-0.2, -0.15) is 0 Å². The normalized spacial score (nSPS) is 12.8. The number of aromatic nitrogens is 1. The average molecular weight is 239 g/mol. The van der Waals surface area contributed by atoms with Gasteiger partial charge in [0.05, 0.1) is 5.52 Å². The molecule has 0 spiro atoms. The maximum atomic E-state index is 2.39. The van der Waals surface area contributed by atoms with E-state index in [2.05, 4.69) is 77.9 Å². The minimum atomic E-state index is -0.317. The summed E-state index contributed by atoms with van der Waals surface area (Å²) in [5.74, 6) is 0. The Hall–Kier alpha value is -1.59. The van der Waals surface area contributed by atoms with Crippen molar-refractivity contribution in [3.8, 4) is 0 Å². The van der Waals surface area contributed by atoms with Crippen molar-refractivity contribution in [3.63, 3.8) is 0 Å². The number of rotatable bonds is 2. The Bertz CT molecular complexity index is 627. The highest BCUT2D eigenvalue weighted by atomic mass is 31.1. The van der Waals surface area contributed by atoms with Crippen molar-refractivity contribution in [2.75, 3.05) is 6.66 Å². The summed E-state index contributed by atoms with van der Waals surface area (Å²) < 4.78 is 2.39. The first-order chi connectivity index (χ1) is 8.36. The highest BCUT2D eigenvalue weighted by molar-refractivity contribution is 7.63. The zero-order valence-electron chi connectivity index (χ0n) is 9.75. The van der Waals surface area contributed by atoms with Gasteiger partial charge in [0.1, 0.15) is 0 Å². The van der Waals surface area contributed by atoms with Crippen LogP contribution in [0, 0.1) is 0 Å². The smallest absolute Gasteiger partial charge is 0.0517 e. The standard InChI is InChI=1S/C15H14NP/c1-17(14-8-3-2-4-9-14)16-12-11-13-7-5-6-10-15(13)16/h2-12H,1H3. The van der Waals surface area contributed by atoms with Crippen LogP contribution in [0.5, 0.6) is 0 Å². The molecule has 0 amide bonds. The minimum Gasteiger partial charge on any atom is -0.322 e. The zero-order valence-corrected chi connectivity index (χ0v) is 10.6. The molecule has 0 aliphatic carbocycles. The third kappa shape index (κ3) is 1.87. The molecule has 0 radical (unpaired) electrons. The van der Waals surface area contributed by atoms with Gasteiger partial charge in [0.2, 0.25) is 0 Å². The number of para-hydroxylation sites is 1. The van der Waals surface area contributed by atoms with Crippen LogP contribution in [0.25, 0.3) is 10.9 Å². The van der Waals surface area contributed by atoms with Gasteiger partial charge in [0.15, 0.2) is 0 Å². The van der Waals surface area contributed by atoms with E-state index in [0.717, 1.165) is 0 Å². The Morgan fingerprint density at radius 1 is 0.824 bits per heavy atom. The van der Waals surface area contributed by atoms with Crippen molar-refractivity contribution >= 4 is 24.3 Å². The molecule has 0 bridgehead atoms. The Morgan fingerprint density at radius 3 is 2.35 bits per heavy atom. The van der Waals surface area contributed by atoms with E-state index in [1.54, 1.807) is 0 Å². The fraction of sp³-hybridized carbons (Fsp3) is 0.0667. The first-order valence-electron chi connectivity index (χ1n) is 5.71. The first-order valence-corrected chi connectivity index (χ1v) is 7.45. The number of nitrogens with zero attached hydrogens (tertiary/aromatic N) is 1. The van der Waals surface area contributed by atoms with Gasteiger partial charge in [-0.05, 0) is 29.5 Å². The summed E-state index contributed by atoms with van der Waals surface area (Å²) in [6.07, 6.45) is 2.20. The molecule has 0 aliphatic rings. The molecule has 84 valence electrons. The van der Waals surface area contributed by atoms with Gasteiger partial charge in [0, 0.05) is 14.3 Å². The lowest BCUT2D eigenvalue weighted by atomic mass is 10.3. The van der Waals surface area contributed by atoms with Crippen molar-refractivity contribution in [3.05, 3.63) is 66.9 Å². The van der Waals surface area contributed by atoms with E-state index in [9.17, 15) is 0 Å². The molecular formula is C15H14NP. The maximum absolute atomic E-state index is 2.39. The number of hydrogen-bond acceptors (Lipinski definition) is 0. The lowest BCUT2D eigenvalue weighted by Crippen LogP contribution is -2.04. The van der Waals surface area contributed by atoms with Gasteiger partial charge in [-0.25, -0.2) is 0 Å². The van der Waals surface area contributed by atoms with Gasteiger partial charge < -0.3 is 4.34 Å². The van der Waals surface area contributed by atoms with Crippen molar-refractivity contribution in [2.24, 2.45) is 0 Å². The Balaban J connectivity index is 2.10. The molecular weight excluding hydrogens is 225 g/mol. The van der Waals surface area contributed by atoms with Crippen molar-refractivity contribution in [1.82, 2.24) is 4.34 Å². The lowest BCUT2D eigenvalue weighted by Gasteiger charge is -2.15. The van der Waals surface area contributed by atoms with E-state index >= 15 is 0 Å². The predicted octanol–water partition coefficient (Wildman–Crippen LogP) is 3.84. The maximum Gasteiger partial charge on any atom is 0.0517 e. The molecule has 17 heavy (non-hydrogen) atoms. The number of fused-ring (bicyclic) bond motifs is 1. The molecule has 1 unspecified atom stereocenters. The summed E-state index contributed by atoms with van der Waals surface area (Å²) in [4.78, 5) is 0. The van der Waals surface area contributed by atoms with E-state index in [0.29, 0.717) is 0 Å². The predicted molar refractivity (Wildman–Crippen MR) is 76.3 cm³/mol. The molecule has 1 aromatic heterocycles. The van der Waals surface area contributed by atoms with E-state index in [4.69, 9.17) is 0 Å². The van der Waals surface area contributed by atoms with Crippen LogP contribution >= 0.6 is 8.07 Å². The van der Waals surface area contributed by atoms with Crippen LogP contribution < -0.4 is 5.30 Å². The molecule has 1 heterocycles. The summed E-state index contributed by atoms with van der Waals surface area (Å²) >= 11 is 0. The Kier molecular flexibility index (Phi) is 2.70. The van der Waals surface area contributed by atoms with Crippen LogP contribution in [0.15, 0.2) is 66.9 Å². The van der Waals surface area contributed by atoms with Gasteiger partial charge in [-0.15, -0.1) is 0 Å². The van der Waals surface area contributed by atoms with Gasteiger partial charge in [0.25, 0.3) is 0 Å². The molecule has 1 nitrogen and oxygen atoms in total. The largest absolute Gasteiger partial charge is 0.322 e. The molecule has 1 atom stereocenters. The summed E-state index contributed by atoms with van der Waals surface area (Å²) in [5, 5.41) is 2.72. The van der Waals surface area contributed by atoms with Crippen LogP contribution in [-0.2, 0) is 0 Å². The second-order valence-corrected chi connectivity index (χ2v) is 6.07. The molecule has 0 saturated heterocycles. The molecule has 3 aromatic rings. The van der Waals surface area contributed by atoms with E-state index in [1.807, 2.05) is 0 Å². The summed E-state index contributed by atoms with van der Waals surface area (Å²) in [7, 11) is -0.317. The minimum absolute atomic E-state index is 0.317. The fourth-order valence-electron chi connectivity index (χ4n) is 2.10. The molecule has 0 fully saturated rings. The summed E-state index contributed by atoms with van der Waals surface area (Å²) in [6, 6.07) is 21.5. The van der Waals surface area contributed by atoms with Crippen LogP contribution in [0.4, 0.5) is 0 Å². The van der Waals surface area contributed by atoms with Gasteiger partial charge in [-0.3, -0.25) is 0 Å². The summed E-state index contributed by atoms with van der Waals surface area (Å²) in [5.41, 5.74) is 1.32. The quantitative estimate of drug-likeness (QED) is 0.599. The highest BCUT2D eigenvalue weighted by Crippen LogP contribution is 2.35. The van der Waals surface area contributed by atoms with Crippen molar-refractivity contribution in [1.29, 1.82) is 0 Å². The Labute approximate surface area is 103 Å². The van der Waals surface area contributed by atoms with E-state index < -0.39 is 0 Å². The number of hydrogen-bond donors (Lipinski definition) is 0. The highest BCUT2D eigenvalue weighted by Gasteiger charge is 2.09. The SMILES string of the molecule is CP(c1ccccc1)n1ccc2ccccc21. The third-order valence-corrected chi connectivity index (χ3v) is 5.07. The van der Waals surface area contributed by atoms with Crippen molar-refractivity contribution in [2.45, 2.75) is 0 Å². The summed E-state index contributed by atoms with van der Waals surface area (Å²) in [6.45, 7) is 2.30. The van der Waals surface area contributed by atoms with Crippen LogP contribution in [0.2, 0.25) is 0 Å².